The Morgan fingerprint density at radius 1 is 1.22 bits per heavy atom. The van der Waals surface area contributed by atoms with E-state index < -0.39 is 0 Å². The van der Waals surface area contributed by atoms with E-state index in [0.717, 1.165) is 36.5 Å². The van der Waals surface area contributed by atoms with E-state index in [2.05, 4.69) is 45.0 Å². The third kappa shape index (κ3) is 2.40. The van der Waals surface area contributed by atoms with Gasteiger partial charge in [0, 0.05) is 32.7 Å². The van der Waals surface area contributed by atoms with Gasteiger partial charge in [-0.2, -0.15) is 0 Å². The molecule has 1 N–H and O–H groups in total. The highest BCUT2D eigenvalue weighted by Gasteiger charge is 2.14. The van der Waals surface area contributed by atoms with Crippen LogP contribution in [0.4, 0.5) is 0 Å². The van der Waals surface area contributed by atoms with Gasteiger partial charge in [-0.05, 0) is 31.7 Å². The molecule has 1 aliphatic heterocycles. The first-order valence-corrected chi connectivity index (χ1v) is 6.57. The Morgan fingerprint density at radius 3 is 2.78 bits per heavy atom. The molecule has 0 spiro atoms. The molecule has 0 atom stereocenters. The van der Waals surface area contributed by atoms with E-state index in [-0.39, 0.29) is 0 Å². The van der Waals surface area contributed by atoms with E-state index in [4.69, 9.17) is 0 Å². The molecule has 4 heteroatoms. The van der Waals surface area contributed by atoms with Gasteiger partial charge in [-0.1, -0.05) is 6.07 Å². The number of likely N-dealkylation sites (N-methyl/N-ethyl adjacent to an activating group) is 1. The zero-order chi connectivity index (χ0) is 12.5. The molecule has 0 amide bonds. The lowest BCUT2D eigenvalue weighted by atomic mass is 10.1. The number of rotatable bonds is 2. The van der Waals surface area contributed by atoms with Crippen LogP contribution in [0.3, 0.4) is 0 Å². The predicted molar refractivity (Wildman–Crippen MR) is 73.6 cm³/mol. The fourth-order valence-electron chi connectivity index (χ4n) is 2.55. The minimum Gasteiger partial charge on any atom is -0.342 e. The third-order valence-corrected chi connectivity index (χ3v) is 3.67. The van der Waals surface area contributed by atoms with Crippen LogP contribution in [0.1, 0.15) is 11.4 Å². The Kier molecular flexibility index (Phi) is 3.06. The van der Waals surface area contributed by atoms with E-state index in [9.17, 15) is 0 Å². The molecule has 18 heavy (non-hydrogen) atoms. The number of imidazole rings is 1. The van der Waals surface area contributed by atoms with Crippen LogP contribution in [0.25, 0.3) is 11.0 Å². The van der Waals surface area contributed by atoms with Gasteiger partial charge in [0.05, 0.1) is 11.0 Å². The van der Waals surface area contributed by atoms with Gasteiger partial charge in [0.1, 0.15) is 5.82 Å². The molecule has 96 valence electrons. The van der Waals surface area contributed by atoms with Gasteiger partial charge in [-0.3, -0.25) is 4.90 Å². The number of aromatic amines is 1. The second-order valence-electron chi connectivity index (χ2n) is 5.25. The Labute approximate surface area is 108 Å². The Hall–Kier alpha value is -1.39. The fraction of sp³-hybridized carbons (Fsp3) is 0.500. The number of hydrogen-bond donors (Lipinski definition) is 1. The molecule has 2 heterocycles. The summed E-state index contributed by atoms with van der Waals surface area (Å²) in [6.07, 6.45) is 0. The average molecular weight is 244 g/mol. The SMILES string of the molecule is Cc1nc2ccc(CN3CCN(C)CC3)cc2[nH]1. The van der Waals surface area contributed by atoms with Crippen LogP contribution in [0.5, 0.6) is 0 Å². The zero-order valence-corrected chi connectivity index (χ0v) is 11.1. The maximum absolute atomic E-state index is 4.44. The topological polar surface area (TPSA) is 35.2 Å². The first-order valence-electron chi connectivity index (χ1n) is 6.57. The number of fused-ring (bicyclic) bond motifs is 1. The molecule has 0 unspecified atom stereocenters. The zero-order valence-electron chi connectivity index (χ0n) is 11.1. The standard InChI is InChI=1S/C14H20N4/c1-11-15-13-4-3-12(9-14(13)16-11)10-18-7-5-17(2)6-8-18/h3-4,9H,5-8,10H2,1-2H3,(H,15,16). The van der Waals surface area contributed by atoms with E-state index in [1.165, 1.54) is 18.7 Å². The predicted octanol–water partition coefficient (Wildman–Crippen LogP) is 1.62. The van der Waals surface area contributed by atoms with Crippen molar-refractivity contribution in [3.05, 3.63) is 29.6 Å². The molecule has 0 bridgehead atoms. The Bertz CT molecular complexity index is 538. The minimum atomic E-state index is 0.988. The lowest BCUT2D eigenvalue weighted by Crippen LogP contribution is -2.43. The van der Waals surface area contributed by atoms with Crippen molar-refractivity contribution in [1.82, 2.24) is 19.8 Å². The van der Waals surface area contributed by atoms with Crippen molar-refractivity contribution in [3.8, 4) is 0 Å². The van der Waals surface area contributed by atoms with Crippen LogP contribution in [0.2, 0.25) is 0 Å². The van der Waals surface area contributed by atoms with Gasteiger partial charge < -0.3 is 9.88 Å². The van der Waals surface area contributed by atoms with Gasteiger partial charge in [-0.25, -0.2) is 4.98 Å². The molecule has 1 aliphatic rings. The second kappa shape index (κ2) is 4.71. The van der Waals surface area contributed by atoms with Crippen molar-refractivity contribution in [2.75, 3.05) is 33.2 Å². The molecule has 2 aromatic rings. The van der Waals surface area contributed by atoms with Crippen LogP contribution in [0, 0.1) is 6.92 Å². The van der Waals surface area contributed by atoms with E-state index in [0.29, 0.717) is 0 Å². The van der Waals surface area contributed by atoms with E-state index >= 15 is 0 Å². The van der Waals surface area contributed by atoms with Crippen molar-refractivity contribution < 1.29 is 0 Å². The van der Waals surface area contributed by atoms with Gasteiger partial charge in [-0.15, -0.1) is 0 Å². The normalized spacial score (nSPS) is 18.6. The molecule has 0 aliphatic carbocycles. The number of nitrogens with zero attached hydrogens (tertiary/aromatic N) is 3. The smallest absolute Gasteiger partial charge is 0.104 e. The van der Waals surface area contributed by atoms with Crippen LogP contribution in [-0.2, 0) is 6.54 Å². The molecule has 3 rings (SSSR count). The molecule has 1 saturated heterocycles. The van der Waals surface area contributed by atoms with Crippen molar-refractivity contribution in [2.24, 2.45) is 0 Å². The molecular weight excluding hydrogens is 224 g/mol. The molecule has 0 saturated carbocycles. The van der Waals surface area contributed by atoms with Crippen molar-refractivity contribution in [2.45, 2.75) is 13.5 Å². The molecule has 0 radical (unpaired) electrons. The molecule has 1 fully saturated rings. The van der Waals surface area contributed by atoms with Crippen LogP contribution < -0.4 is 0 Å². The molecule has 1 aromatic carbocycles. The summed E-state index contributed by atoms with van der Waals surface area (Å²) in [5.74, 6) is 0.988. The van der Waals surface area contributed by atoms with Crippen molar-refractivity contribution in [1.29, 1.82) is 0 Å². The van der Waals surface area contributed by atoms with Crippen LogP contribution in [-0.4, -0.2) is 53.0 Å². The summed E-state index contributed by atoms with van der Waals surface area (Å²) in [6.45, 7) is 7.71. The summed E-state index contributed by atoms with van der Waals surface area (Å²) >= 11 is 0. The Balaban J connectivity index is 1.74. The van der Waals surface area contributed by atoms with Crippen molar-refractivity contribution in [3.63, 3.8) is 0 Å². The second-order valence-corrected chi connectivity index (χ2v) is 5.25. The van der Waals surface area contributed by atoms with Gasteiger partial charge >= 0.3 is 0 Å². The number of hydrogen-bond acceptors (Lipinski definition) is 3. The maximum Gasteiger partial charge on any atom is 0.104 e. The highest BCUT2D eigenvalue weighted by molar-refractivity contribution is 5.75. The van der Waals surface area contributed by atoms with Crippen LogP contribution >= 0.6 is 0 Å². The molecule has 4 nitrogen and oxygen atoms in total. The maximum atomic E-state index is 4.44. The largest absolute Gasteiger partial charge is 0.342 e. The summed E-state index contributed by atoms with van der Waals surface area (Å²) in [4.78, 5) is 12.6. The first kappa shape index (κ1) is 11.7. The highest BCUT2D eigenvalue weighted by atomic mass is 15.2. The quantitative estimate of drug-likeness (QED) is 0.872. The summed E-state index contributed by atoms with van der Waals surface area (Å²) in [6, 6.07) is 6.54. The van der Waals surface area contributed by atoms with Crippen molar-refractivity contribution >= 4 is 11.0 Å². The van der Waals surface area contributed by atoms with E-state index in [1.807, 2.05) is 6.92 Å². The summed E-state index contributed by atoms with van der Waals surface area (Å²) in [5, 5.41) is 0. The summed E-state index contributed by atoms with van der Waals surface area (Å²) in [5.41, 5.74) is 3.59. The van der Waals surface area contributed by atoms with Gasteiger partial charge in [0.25, 0.3) is 0 Å². The summed E-state index contributed by atoms with van der Waals surface area (Å²) < 4.78 is 0. The number of H-pyrrole nitrogens is 1. The number of nitrogens with one attached hydrogen (secondary N) is 1. The number of benzene rings is 1. The van der Waals surface area contributed by atoms with Gasteiger partial charge in [0.2, 0.25) is 0 Å². The number of aryl methyl sites for hydroxylation is 1. The monoisotopic (exact) mass is 244 g/mol. The lowest BCUT2D eigenvalue weighted by Gasteiger charge is -2.32. The lowest BCUT2D eigenvalue weighted by molar-refractivity contribution is 0.148. The number of piperazine rings is 1. The number of aromatic nitrogens is 2. The Morgan fingerprint density at radius 2 is 2.00 bits per heavy atom. The van der Waals surface area contributed by atoms with Gasteiger partial charge in [0.15, 0.2) is 0 Å². The average Bonchev–Trinajstić information content (AvgIpc) is 2.71. The minimum absolute atomic E-state index is 0.988. The third-order valence-electron chi connectivity index (χ3n) is 3.67. The molecular formula is C14H20N4. The van der Waals surface area contributed by atoms with Crippen LogP contribution in [0.15, 0.2) is 18.2 Å². The summed E-state index contributed by atoms with van der Waals surface area (Å²) in [7, 11) is 2.19. The fourth-order valence-corrected chi connectivity index (χ4v) is 2.55. The first-order chi connectivity index (χ1) is 8.70. The highest BCUT2D eigenvalue weighted by Crippen LogP contribution is 2.15. The van der Waals surface area contributed by atoms with E-state index in [1.54, 1.807) is 0 Å². The molecule has 1 aromatic heterocycles.